The van der Waals surface area contributed by atoms with Crippen LogP contribution in [0.1, 0.15) is 157 Å². The Morgan fingerprint density at radius 2 is 0.950 bits per heavy atom. The van der Waals surface area contributed by atoms with Crippen molar-refractivity contribution in [2.75, 3.05) is 10.8 Å². The maximum Gasteiger partial charge on any atom is 0.467 e. The number of aromatic amines is 1. The molecule has 9 saturated carbocycles. The summed E-state index contributed by atoms with van der Waals surface area (Å²) in [5.74, 6) is -4.56. The summed E-state index contributed by atoms with van der Waals surface area (Å²) < 4.78 is 139. The zero-order chi connectivity index (χ0) is 83.1. The van der Waals surface area contributed by atoms with Gasteiger partial charge < -0.3 is 29.6 Å². The minimum absolute atomic E-state index is 0. The molecule has 1 saturated heterocycles. The smallest absolute Gasteiger partial charge is 0.467 e. The normalized spacial score (nSPS) is 24.8. The van der Waals surface area contributed by atoms with E-state index in [-0.39, 0.29) is 155 Å². The number of benzene rings is 2. The van der Waals surface area contributed by atoms with Gasteiger partial charge in [-0.1, -0.05) is 42.8 Å². The molecule has 10 aromatic rings. The van der Waals surface area contributed by atoms with E-state index in [1.807, 2.05) is 48.5 Å². The third-order valence-electron chi connectivity index (χ3n) is 26.2. The molecule has 8 aromatic heterocycles. The molecule has 21 rings (SSSR count). The van der Waals surface area contributed by atoms with Crippen molar-refractivity contribution in [1.29, 1.82) is 0 Å². The molecule has 625 valence electrons. The van der Waals surface area contributed by atoms with Crippen LogP contribution >= 0.6 is 11.6 Å². The summed E-state index contributed by atoms with van der Waals surface area (Å²) in [6, 6.07) is 17.0. The maximum absolute atomic E-state index is 14.6. The van der Waals surface area contributed by atoms with Gasteiger partial charge in [-0.3, -0.25) is 14.4 Å². The molecule has 0 spiro atoms. The standard InChI is InChI=1S/C29H29FN4O4S.C21H20F2N4O2.C20H24BFN2O4S.C14H16ClFN2O2.CH4.Y/c1-16-3-9-21(10-4-16)39(37,38)34-15-24(23-11-20(30)14-32-28(23)34)27-31-13-17(2)25(33-27)12-22-18-5-7-19(8-6-18)26(22)29(35)36;22-12-5-14-15(8-25-19(14)24-7-12)20-26-9-16(23)17(27-20)6-13-10-1-3-11(4-2-10)18(13)21(28)29;1-13-6-8-15(9-7-13)29(25,26)24-12-17(16-10-14(22)11-23-18(16)24)21-27-19(2,3)20(4,5)28-21;15-14-17-6-10(16)11(18-14)5-9-7-1-3-8(4-2-7)12(9)13(19)20;;/h3-4,9-11,13-15,18-19,22,26H,5-8,12H2,1-2H3,(H,35,36);5,7-11,13,18H,1-4,6H2,(H,24,25)(H,28,29);6-11,17H,12H2,1-5H3;6-9,12H,1-5H2,(H,19,20);1H4;/t18?,19?,22?,26-;10?,11?,13?,18-;;7?,8?,9?,12-;;/m00.0../s1. The van der Waals surface area contributed by atoms with Crippen LogP contribution in [-0.2, 0) is 95.7 Å². The Kier molecular flexibility index (Phi) is 26.0. The number of aromatic nitrogens is 11. The van der Waals surface area contributed by atoms with Crippen LogP contribution in [0.2, 0.25) is 5.28 Å². The van der Waals surface area contributed by atoms with E-state index in [0.717, 1.165) is 134 Å². The molecule has 11 aliphatic rings. The van der Waals surface area contributed by atoms with E-state index in [1.165, 1.54) is 40.8 Å². The first kappa shape index (κ1) is 88.1. The van der Waals surface area contributed by atoms with Gasteiger partial charge in [0.15, 0.2) is 28.9 Å². The first-order valence-corrected chi connectivity index (χ1v) is 42.8. The van der Waals surface area contributed by atoms with Gasteiger partial charge in [0.1, 0.15) is 28.9 Å². The molecule has 0 amide bonds. The number of carbonyl (C=O) groups is 3. The maximum atomic E-state index is 14.6. The van der Waals surface area contributed by atoms with E-state index in [0.29, 0.717) is 52.4 Å². The second kappa shape index (κ2) is 35.1. The van der Waals surface area contributed by atoms with Gasteiger partial charge in [0.05, 0.1) is 81.1 Å². The van der Waals surface area contributed by atoms with Gasteiger partial charge >= 0.3 is 25.0 Å². The van der Waals surface area contributed by atoms with Gasteiger partial charge in [-0.2, -0.15) is 0 Å². The van der Waals surface area contributed by atoms with Crippen LogP contribution in [0.15, 0.2) is 126 Å². The van der Waals surface area contributed by atoms with Crippen molar-refractivity contribution in [2.45, 2.75) is 179 Å². The predicted molar refractivity (Wildman–Crippen MR) is 430 cm³/mol. The summed E-state index contributed by atoms with van der Waals surface area (Å²) in [6.07, 6.45) is 23.0. The van der Waals surface area contributed by atoms with E-state index < -0.39 is 103 Å². The van der Waals surface area contributed by atoms with E-state index in [9.17, 15) is 68.5 Å². The van der Waals surface area contributed by atoms with Crippen molar-refractivity contribution in [3.05, 3.63) is 190 Å². The fourth-order valence-electron chi connectivity index (χ4n) is 19.5. The number of rotatable bonds is 16. The van der Waals surface area contributed by atoms with E-state index in [4.69, 9.17) is 25.9 Å². The molecule has 9 aliphatic carbocycles. The minimum Gasteiger partial charge on any atom is -0.481 e. The zero-order valence-electron chi connectivity index (χ0n) is 66.0. The molecule has 10 heterocycles. The molecular weight excluding hydrogens is 1680 g/mol. The second-order valence-electron chi connectivity index (χ2n) is 33.5. The number of nitrogens with one attached hydrogen (secondary N) is 1. The van der Waals surface area contributed by atoms with Crippen molar-refractivity contribution in [3.63, 3.8) is 0 Å². The monoisotopic (exact) mass is 1770 g/mol. The number of nitrogens with zero attached hydrogens (tertiary/aromatic N) is 11. The molecule has 6 bridgehead atoms. The third kappa shape index (κ3) is 17.6. The number of pyridine rings is 3. The van der Waals surface area contributed by atoms with Gasteiger partial charge in [0.25, 0.3) is 20.0 Å². The average molecular weight is 1770 g/mol. The Balaban J connectivity index is 0.000000140. The van der Waals surface area contributed by atoms with Crippen LogP contribution in [0, 0.1) is 121 Å². The van der Waals surface area contributed by atoms with Crippen LogP contribution in [-0.4, -0.2) is 129 Å². The Labute approximate surface area is 717 Å². The predicted octanol–water partition coefficient (Wildman–Crippen LogP) is 16.2. The summed E-state index contributed by atoms with van der Waals surface area (Å²) >= 11 is 5.71. The van der Waals surface area contributed by atoms with Crippen LogP contribution in [0.3, 0.4) is 0 Å². The Hall–Kier alpha value is -8.65. The van der Waals surface area contributed by atoms with Gasteiger partial charge in [-0.15, -0.1) is 0 Å². The number of carboxylic acid groups (broad SMARTS) is 3. The Morgan fingerprint density at radius 3 is 1.46 bits per heavy atom. The first-order chi connectivity index (χ1) is 55.6. The second-order valence-corrected chi connectivity index (χ2v) is 37.6. The number of halogens is 6. The number of carboxylic acids is 3. The average Bonchev–Trinajstić information content (AvgIpc) is 1.58. The van der Waals surface area contributed by atoms with E-state index in [2.05, 4.69) is 44.9 Å². The number of H-pyrrole nitrogens is 1. The van der Waals surface area contributed by atoms with Crippen LogP contribution < -0.4 is 4.31 Å². The fourth-order valence-corrected chi connectivity index (χ4v) is 22.4. The van der Waals surface area contributed by atoms with Gasteiger partial charge in [0.2, 0.25) is 5.28 Å². The molecule has 7 atom stereocenters. The molecule has 4 N–H and O–H groups in total. The number of aliphatic carboxylic acids is 3. The molecule has 10 fully saturated rings. The third-order valence-corrected chi connectivity index (χ3v) is 29.8. The molecule has 119 heavy (non-hydrogen) atoms. The first-order valence-electron chi connectivity index (χ1n) is 39.5. The number of hydrogen-bond donors (Lipinski definition) is 4. The molecule has 1 radical (unpaired) electrons. The number of aryl methyl sites for hydroxylation is 3. The molecular formula is C85H93BClF5N12O12S2Y. The van der Waals surface area contributed by atoms with Crippen molar-refractivity contribution < 1.29 is 111 Å². The van der Waals surface area contributed by atoms with Crippen LogP contribution in [0.25, 0.3) is 44.8 Å². The SMILES string of the molecule is C.Cc1ccc(S(=O)(=O)N2CC(B3OC(C)(C)C(C)(C)O3)c3cc(F)cnc32)cc1.Cc1ccc(S(=O)(=O)n2cc(-c3ncc(C)c(CC4C5CCC(CC5)[C@@H]4C(=O)O)n3)c3cc(F)cnc32)cc1.O=C(O)[C@H]1C2CCC(CC2)C1Cc1nc(-c2c[nH]c3ncc(F)cc23)ncc1F.O=C(O)[C@H]1C2CCC(CC2)C1Cc1nc(Cl)ncc1F.[Y]. The van der Waals surface area contributed by atoms with Crippen LogP contribution in [0.4, 0.5) is 27.8 Å². The summed E-state index contributed by atoms with van der Waals surface area (Å²) in [5.41, 5.74) is 4.67. The number of sulfonamides is 1. The minimum atomic E-state index is -4.04. The molecule has 34 heteroatoms. The fraction of sp³-hybridized carbons (Fsp3) is 0.459. The van der Waals surface area contributed by atoms with Crippen molar-refractivity contribution >= 4 is 84.6 Å². The molecule has 4 unspecified atom stereocenters. The van der Waals surface area contributed by atoms with Crippen molar-refractivity contribution in [2.24, 2.45) is 71.0 Å². The van der Waals surface area contributed by atoms with Crippen molar-refractivity contribution in [1.82, 2.24) is 53.8 Å². The Morgan fingerprint density at radius 1 is 0.529 bits per heavy atom. The topological polar surface area (TPSA) is 339 Å². The largest absolute Gasteiger partial charge is 0.481 e. The van der Waals surface area contributed by atoms with Crippen LogP contribution in [0.5, 0.6) is 0 Å². The van der Waals surface area contributed by atoms with Gasteiger partial charge in [-0.05, 0) is 258 Å². The molecule has 2 aliphatic heterocycles. The number of anilines is 1. The van der Waals surface area contributed by atoms with Crippen molar-refractivity contribution in [3.8, 4) is 22.8 Å². The number of hydrogen-bond acceptors (Lipinski definition) is 18. The van der Waals surface area contributed by atoms with Gasteiger partial charge in [0, 0.05) is 96.8 Å². The van der Waals surface area contributed by atoms with Gasteiger partial charge in [-0.25, -0.2) is 91.9 Å². The van der Waals surface area contributed by atoms with E-state index in [1.54, 1.807) is 48.8 Å². The summed E-state index contributed by atoms with van der Waals surface area (Å²) in [6.45, 7) is 13.4. The zero-order valence-corrected chi connectivity index (χ0v) is 71.2. The summed E-state index contributed by atoms with van der Waals surface area (Å²) in [7, 11) is -8.61. The Bertz CT molecular complexity index is 5710. The molecule has 2 aromatic carbocycles. The summed E-state index contributed by atoms with van der Waals surface area (Å²) in [4.78, 5) is 76.3. The number of fused-ring (bicyclic) bond motifs is 12. The van der Waals surface area contributed by atoms with E-state index >= 15 is 0 Å². The molecule has 24 nitrogen and oxygen atoms in total. The quantitative estimate of drug-likeness (QED) is 0.0396. The summed E-state index contributed by atoms with van der Waals surface area (Å²) in [5, 5.41) is 30.0.